The molecule has 0 atom stereocenters. The largest absolute Gasteiger partial charge is 0.368 e. The van der Waals surface area contributed by atoms with E-state index < -0.39 is 11.6 Å². The van der Waals surface area contributed by atoms with Crippen molar-refractivity contribution in [2.75, 3.05) is 23.7 Å². The van der Waals surface area contributed by atoms with Crippen LogP contribution >= 0.6 is 0 Å². The molecule has 1 aliphatic carbocycles. The number of nitrogens with zero attached hydrogens (tertiary/aromatic N) is 1. The van der Waals surface area contributed by atoms with Gasteiger partial charge in [0, 0.05) is 19.2 Å². The molecule has 0 radical (unpaired) electrons. The predicted molar refractivity (Wildman–Crippen MR) is 68.8 cm³/mol. The van der Waals surface area contributed by atoms with Gasteiger partial charge in [0.1, 0.15) is 0 Å². The molecule has 0 unspecified atom stereocenters. The Morgan fingerprint density at radius 1 is 1.22 bits per heavy atom. The van der Waals surface area contributed by atoms with Crippen molar-refractivity contribution in [1.29, 1.82) is 0 Å². The summed E-state index contributed by atoms with van der Waals surface area (Å²) in [6.45, 7) is 3.07. The number of rotatable bonds is 7. The molecule has 3 nitrogen and oxygen atoms in total. The molecule has 18 heavy (non-hydrogen) atoms. The Labute approximate surface area is 106 Å². The maximum atomic E-state index is 13.5. The fraction of sp³-hybridized carbons (Fsp3) is 0.615. The number of pyridine rings is 1. The van der Waals surface area contributed by atoms with Gasteiger partial charge in [-0.05, 0) is 25.7 Å². The molecular formula is C13H19F2N3. The van der Waals surface area contributed by atoms with E-state index in [-0.39, 0.29) is 11.6 Å². The van der Waals surface area contributed by atoms with Gasteiger partial charge in [-0.3, -0.25) is 0 Å². The van der Waals surface area contributed by atoms with Crippen LogP contribution in [0.1, 0.15) is 32.6 Å². The SMILES string of the molecule is CCNc1nc(NCCCC2CC2)c(F)cc1F. The van der Waals surface area contributed by atoms with Crippen molar-refractivity contribution in [1.82, 2.24) is 4.98 Å². The lowest BCUT2D eigenvalue weighted by Gasteiger charge is -2.10. The number of nitrogens with one attached hydrogen (secondary N) is 2. The van der Waals surface area contributed by atoms with Crippen LogP contribution in [0.2, 0.25) is 0 Å². The van der Waals surface area contributed by atoms with Gasteiger partial charge in [0.2, 0.25) is 0 Å². The lowest BCUT2D eigenvalue weighted by atomic mass is 10.2. The third-order valence-electron chi connectivity index (χ3n) is 3.05. The van der Waals surface area contributed by atoms with Gasteiger partial charge >= 0.3 is 0 Å². The number of hydrogen-bond donors (Lipinski definition) is 2. The molecule has 0 aromatic carbocycles. The summed E-state index contributed by atoms with van der Waals surface area (Å²) >= 11 is 0. The minimum atomic E-state index is -0.655. The molecule has 1 aliphatic rings. The molecular weight excluding hydrogens is 236 g/mol. The molecule has 0 aliphatic heterocycles. The van der Waals surface area contributed by atoms with Crippen LogP contribution in [0.25, 0.3) is 0 Å². The van der Waals surface area contributed by atoms with E-state index in [1.807, 2.05) is 6.92 Å². The summed E-state index contributed by atoms with van der Waals surface area (Å²) in [6.07, 6.45) is 4.83. The molecule has 100 valence electrons. The van der Waals surface area contributed by atoms with Gasteiger partial charge in [-0.1, -0.05) is 12.8 Å². The first-order valence-electron chi connectivity index (χ1n) is 6.54. The van der Waals surface area contributed by atoms with Gasteiger partial charge in [-0.15, -0.1) is 0 Å². The minimum Gasteiger partial charge on any atom is -0.368 e. The molecule has 0 spiro atoms. The Bertz CT molecular complexity index is 405. The van der Waals surface area contributed by atoms with E-state index in [2.05, 4.69) is 15.6 Å². The van der Waals surface area contributed by atoms with Crippen LogP contribution in [0.3, 0.4) is 0 Å². The summed E-state index contributed by atoms with van der Waals surface area (Å²) in [5.41, 5.74) is 0. The molecule has 2 rings (SSSR count). The average molecular weight is 255 g/mol. The normalized spacial score (nSPS) is 14.6. The van der Waals surface area contributed by atoms with Crippen LogP contribution in [0.15, 0.2) is 6.07 Å². The van der Waals surface area contributed by atoms with E-state index >= 15 is 0 Å². The van der Waals surface area contributed by atoms with Gasteiger partial charge in [-0.25, -0.2) is 13.8 Å². The first-order valence-corrected chi connectivity index (χ1v) is 6.54. The summed E-state index contributed by atoms with van der Waals surface area (Å²) < 4.78 is 26.8. The van der Waals surface area contributed by atoms with E-state index in [4.69, 9.17) is 0 Å². The maximum absolute atomic E-state index is 13.5. The average Bonchev–Trinajstić information content (AvgIpc) is 3.14. The van der Waals surface area contributed by atoms with Gasteiger partial charge in [-0.2, -0.15) is 0 Å². The second-order valence-corrected chi connectivity index (χ2v) is 4.69. The van der Waals surface area contributed by atoms with E-state index in [1.54, 1.807) is 0 Å². The van der Waals surface area contributed by atoms with E-state index in [0.29, 0.717) is 13.1 Å². The van der Waals surface area contributed by atoms with Crippen LogP contribution < -0.4 is 10.6 Å². The summed E-state index contributed by atoms with van der Waals surface area (Å²) in [7, 11) is 0. The minimum absolute atomic E-state index is 0.101. The molecule has 1 heterocycles. The van der Waals surface area contributed by atoms with Crippen molar-refractivity contribution >= 4 is 11.6 Å². The van der Waals surface area contributed by atoms with E-state index in [9.17, 15) is 8.78 Å². The second-order valence-electron chi connectivity index (χ2n) is 4.69. The quantitative estimate of drug-likeness (QED) is 0.733. The van der Waals surface area contributed by atoms with Crippen molar-refractivity contribution in [3.63, 3.8) is 0 Å². The van der Waals surface area contributed by atoms with Crippen LogP contribution in [0.5, 0.6) is 0 Å². The molecule has 0 bridgehead atoms. The number of hydrogen-bond acceptors (Lipinski definition) is 3. The summed E-state index contributed by atoms with van der Waals surface area (Å²) in [5.74, 6) is -0.194. The monoisotopic (exact) mass is 255 g/mol. The number of anilines is 2. The molecule has 1 aromatic rings. The Morgan fingerprint density at radius 2 is 1.89 bits per heavy atom. The lowest BCUT2D eigenvalue weighted by molar-refractivity contribution is 0.577. The molecule has 5 heteroatoms. The highest BCUT2D eigenvalue weighted by atomic mass is 19.1. The topological polar surface area (TPSA) is 37.0 Å². The van der Waals surface area contributed by atoms with Crippen molar-refractivity contribution in [3.05, 3.63) is 17.7 Å². The third-order valence-corrected chi connectivity index (χ3v) is 3.05. The summed E-state index contributed by atoms with van der Waals surface area (Å²) in [6, 6.07) is 0.869. The van der Waals surface area contributed by atoms with Crippen LogP contribution in [-0.2, 0) is 0 Å². The van der Waals surface area contributed by atoms with Crippen molar-refractivity contribution in [2.45, 2.75) is 32.6 Å². The molecule has 1 fully saturated rings. The van der Waals surface area contributed by atoms with E-state index in [1.165, 1.54) is 19.3 Å². The Kier molecular flexibility index (Phi) is 4.33. The number of aromatic nitrogens is 1. The molecule has 1 aromatic heterocycles. The predicted octanol–water partition coefficient (Wildman–Crippen LogP) is 3.39. The van der Waals surface area contributed by atoms with Crippen molar-refractivity contribution in [2.24, 2.45) is 5.92 Å². The molecule has 0 amide bonds. The van der Waals surface area contributed by atoms with Gasteiger partial charge < -0.3 is 10.6 Å². The first-order chi connectivity index (χ1) is 8.70. The summed E-state index contributed by atoms with van der Waals surface area (Å²) in [5, 5.41) is 5.70. The van der Waals surface area contributed by atoms with Crippen LogP contribution in [-0.4, -0.2) is 18.1 Å². The Morgan fingerprint density at radius 3 is 2.50 bits per heavy atom. The zero-order valence-electron chi connectivity index (χ0n) is 10.6. The standard InChI is InChI=1S/C13H19F2N3/c1-2-16-12-10(14)8-11(15)13(18-12)17-7-3-4-9-5-6-9/h8-9H,2-7H2,1H3,(H2,16,17,18). The fourth-order valence-corrected chi connectivity index (χ4v) is 1.89. The highest BCUT2D eigenvalue weighted by Gasteiger charge is 2.20. The zero-order valence-corrected chi connectivity index (χ0v) is 10.6. The van der Waals surface area contributed by atoms with E-state index in [0.717, 1.165) is 18.4 Å². The molecule has 0 saturated heterocycles. The zero-order chi connectivity index (χ0) is 13.0. The van der Waals surface area contributed by atoms with Gasteiger partial charge in [0.25, 0.3) is 0 Å². The Hall–Kier alpha value is -1.39. The fourth-order valence-electron chi connectivity index (χ4n) is 1.89. The molecule has 1 saturated carbocycles. The lowest BCUT2D eigenvalue weighted by Crippen LogP contribution is -2.09. The highest BCUT2D eigenvalue weighted by Crippen LogP contribution is 2.33. The highest BCUT2D eigenvalue weighted by molar-refractivity contribution is 5.47. The maximum Gasteiger partial charge on any atom is 0.168 e. The third kappa shape index (κ3) is 3.55. The Balaban J connectivity index is 1.90. The molecule has 2 N–H and O–H groups in total. The first kappa shape index (κ1) is 13.1. The number of halogens is 2. The smallest absolute Gasteiger partial charge is 0.168 e. The summed E-state index contributed by atoms with van der Waals surface area (Å²) in [4.78, 5) is 3.92. The van der Waals surface area contributed by atoms with Gasteiger partial charge in [0.05, 0.1) is 0 Å². The second kappa shape index (κ2) is 5.98. The van der Waals surface area contributed by atoms with Crippen molar-refractivity contribution in [3.8, 4) is 0 Å². The van der Waals surface area contributed by atoms with Crippen LogP contribution in [0.4, 0.5) is 20.4 Å². The van der Waals surface area contributed by atoms with Crippen LogP contribution in [0, 0.1) is 17.6 Å². The van der Waals surface area contributed by atoms with Crippen molar-refractivity contribution < 1.29 is 8.78 Å². The van der Waals surface area contributed by atoms with Gasteiger partial charge in [0.15, 0.2) is 23.3 Å².